The molecule has 0 atom stereocenters. The molecule has 2 aromatic rings. The molecule has 7 nitrogen and oxygen atoms in total. The molecule has 8 heteroatoms. The number of nitrogens with zero attached hydrogens (tertiary/aromatic N) is 3. The van der Waals surface area contributed by atoms with Crippen molar-refractivity contribution in [2.24, 2.45) is 0 Å². The Morgan fingerprint density at radius 2 is 1.74 bits per heavy atom. The third-order valence-corrected chi connectivity index (χ3v) is 3.66. The summed E-state index contributed by atoms with van der Waals surface area (Å²) in [5, 5.41) is 2.71. The van der Waals surface area contributed by atoms with E-state index in [0.29, 0.717) is 11.6 Å². The second-order valence-electron chi connectivity index (χ2n) is 3.79. The van der Waals surface area contributed by atoms with Crippen LogP contribution >= 0.6 is 0 Å². The number of hydrogen-bond donors (Lipinski definition) is 2. The van der Waals surface area contributed by atoms with Crippen LogP contribution in [0.15, 0.2) is 35.6 Å². The van der Waals surface area contributed by atoms with E-state index in [1.807, 2.05) is 6.92 Å². The van der Waals surface area contributed by atoms with E-state index in [1.54, 1.807) is 19.2 Å². The molecule has 0 aliphatic carbocycles. The van der Waals surface area contributed by atoms with Crippen molar-refractivity contribution >= 4 is 21.7 Å². The Kier molecular flexibility index (Phi) is 3.61. The molecule has 0 amide bonds. The lowest BCUT2D eigenvalue weighted by molar-refractivity contribution is 0.600. The molecule has 0 aliphatic rings. The number of aryl methyl sites for hydroxylation is 1. The topological polar surface area (TPSA) is 96.9 Å². The van der Waals surface area contributed by atoms with Crippen molar-refractivity contribution in [3.05, 3.63) is 36.4 Å². The van der Waals surface area contributed by atoms with Gasteiger partial charge in [-0.1, -0.05) is 0 Å². The largest absolute Gasteiger partial charge is 0.357 e. The lowest BCUT2D eigenvalue weighted by atomic mass is 10.4. The zero-order chi connectivity index (χ0) is 13.9. The van der Waals surface area contributed by atoms with Gasteiger partial charge in [0.05, 0.1) is 24.3 Å². The van der Waals surface area contributed by atoms with E-state index < -0.39 is 10.0 Å². The fraction of sp³-hybridized carbons (Fsp3) is 0.182. The predicted molar refractivity (Wildman–Crippen MR) is 71.4 cm³/mol. The minimum atomic E-state index is -3.69. The van der Waals surface area contributed by atoms with Crippen LogP contribution in [0.25, 0.3) is 0 Å². The molecule has 0 saturated carbocycles. The van der Waals surface area contributed by atoms with Crippen molar-refractivity contribution in [1.82, 2.24) is 15.0 Å². The highest BCUT2D eigenvalue weighted by Gasteiger charge is 2.15. The van der Waals surface area contributed by atoms with Gasteiger partial charge in [-0.25, -0.2) is 18.4 Å². The van der Waals surface area contributed by atoms with Gasteiger partial charge in [-0.05, 0) is 19.1 Å². The fourth-order valence-electron chi connectivity index (χ4n) is 1.33. The maximum atomic E-state index is 12.0. The summed E-state index contributed by atoms with van der Waals surface area (Å²) >= 11 is 0. The molecule has 0 aromatic carbocycles. The molecule has 2 N–H and O–H groups in total. The Bertz CT molecular complexity index is 652. The van der Waals surface area contributed by atoms with E-state index in [4.69, 9.17) is 0 Å². The lowest BCUT2D eigenvalue weighted by Gasteiger charge is -2.07. The van der Waals surface area contributed by atoms with Gasteiger partial charge in [-0.15, -0.1) is 0 Å². The van der Waals surface area contributed by atoms with Gasteiger partial charge in [-0.3, -0.25) is 9.71 Å². The van der Waals surface area contributed by atoms with Crippen LogP contribution in [0.4, 0.5) is 11.6 Å². The summed E-state index contributed by atoms with van der Waals surface area (Å²) in [7, 11) is -2.04. The summed E-state index contributed by atoms with van der Waals surface area (Å²) in [5.41, 5.74) is 1.20. The van der Waals surface area contributed by atoms with E-state index in [9.17, 15) is 8.42 Å². The summed E-state index contributed by atoms with van der Waals surface area (Å²) in [5.74, 6) is 0.357. The van der Waals surface area contributed by atoms with Crippen LogP contribution in [0.2, 0.25) is 0 Å². The number of anilines is 2. The standard InChI is InChI=1S/C11H13N5O2S/c1-8-3-4-9(5-13-8)16-19(17,18)10-6-14-11(12-2)15-7-10/h3-7,16H,1-2H3,(H,12,14,15). The highest BCUT2D eigenvalue weighted by atomic mass is 32.2. The fourth-order valence-corrected chi connectivity index (χ4v) is 2.26. The van der Waals surface area contributed by atoms with Gasteiger partial charge in [0, 0.05) is 12.7 Å². The molecule has 19 heavy (non-hydrogen) atoms. The first-order chi connectivity index (χ1) is 9.01. The third-order valence-electron chi connectivity index (χ3n) is 2.33. The van der Waals surface area contributed by atoms with Crippen LogP contribution < -0.4 is 10.0 Å². The summed E-state index contributed by atoms with van der Waals surface area (Å²) in [6.45, 7) is 1.82. The highest BCUT2D eigenvalue weighted by Crippen LogP contribution is 2.14. The first-order valence-electron chi connectivity index (χ1n) is 5.46. The van der Waals surface area contributed by atoms with Gasteiger partial charge < -0.3 is 5.32 Å². The monoisotopic (exact) mass is 279 g/mol. The second-order valence-corrected chi connectivity index (χ2v) is 5.47. The molecule has 2 heterocycles. The number of aromatic nitrogens is 3. The maximum absolute atomic E-state index is 12.0. The Morgan fingerprint density at radius 1 is 1.05 bits per heavy atom. The molecule has 0 unspecified atom stereocenters. The number of pyridine rings is 1. The summed E-state index contributed by atoms with van der Waals surface area (Å²) < 4.78 is 26.5. The third kappa shape index (κ3) is 3.16. The molecule has 0 fully saturated rings. The van der Waals surface area contributed by atoms with Crippen LogP contribution in [0, 0.1) is 6.92 Å². The smallest absolute Gasteiger partial charge is 0.265 e. The van der Waals surface area contributed by atoms with Crippen molar-refractivity contribution in [1.29, 1.82) is 0 Å². The van der Waals surface area contributed by atoms with Crippen molar-refractivity contribution in [2.75, 3.05) is 17.1 Å². The molecule has 100 valence electrons. The first-order valence-corrected chi connectivity index (χ1v) is 6.95. The average molecular weight is 279 g/mol. The minimum Gasteiger partial charge on any atom is -0.357 e. The predicted octanol–water partition coefficient (Wildman–Crippen LogP) is 1.02. The zero-order valence-electron chi connectivity index (χ0n) is 10.5. The molecule has 0 saturated heterocycles. The summed E-state index contributed by atoms with van der Waals surface area (Å²) in [6, 6.07) is 3.36. The molecule has 0 radical (unpaired) electrons. The number of rotatable bonds is 4. The van der Waals surface area contributed by atoms with E-state index in [2.05, 4.69) is 25.0 Å². The molecular weight excluding hydrogens is 266 g/mol. The number of hydrogen-bond acceptors (Lipinski definition) is 6. The minimum absolute atomic E-state index is 0.00734. The molecule has 0 spiro atoms. The molecular formula is C11H13N5O2S. The Labute approximate surface area is 111 Å². The van der Waals surface area contributed by atoms with Crippen LogP contribution in [0.5, 0.6) is 0 Å². The second kappa shape index (κ2) is 5.19. The Balaban J connectivity index is 2.24. The van der Waals surface area contributed by atoms with Gasteiger partial charge in [0.25, 0.3) is 10.0 Å². The Hall–Kier alpha value is -2.22. The molecule has 2 rings (SSSR count). The zero-order valence-corrected chi connectivity index (χ0v) is 11.3. The van der Waals surface area contributed by atoms with Gasteiger partial charge in [0.2, 0.25) is 5.95 Å². The van der Waals surface area contributed by atoms with Crippen LogP contribution in [-0.4, -0.2) is 30.4 Å². The average Bonchev–Trinajstić information content (AvgIpc) is 2.41. The van der Waals surface area contributed by atoms with Crippen molar-refractivity contribution < 1.29 is 8.42 Å². The highest BCUT2D eigenvalue weighted by molar-refractivity contribution is 7.92. The van der Waals surface area contributed by atoms with E-state index >= 15 is 0 Å². The van der Waals surface area contributed by atoms with Gasteiger partial charge in [0.1, 0.15) is 4.90 Å². The van der Waals surface area contributed by atoms with Crippen molar-refractivity contribution in [2.45, 2.75) is 11.8 Å². The SMILES string of the molecule is CNc1ncc(S(=O)(=O)Nc2ccc(C)nc2)cn1. The van der Waals surface area contributed by atoms with Gasteiger partial charge in [-0.2, -0.15) is 0 Å². The van der Waals surface area contributed by atoms with Crippen molar-refractivity contribution in [3.8, 4) is 0 Å². The van der Waals surface area contributed by atoms with E-state index in [1.165, 1.54) is 18.6 Å². The van der Waals surface area contributed by atoms with Gasteiger partial charge >= 0.3 is 0 Å². The molecule has 2 aromatic heterocycles. The van der Waals surface area contributed by atoms with E-state index in [-0.39, 0.29) is 4.90 Å². The lowest BCUT2D eigenvalue weighted by Crippen LogP contribution is -2.14. The summed E-state index contributed by atoms with van der Waals surface area (Å²) in [4.78, 5) is 11.7. The molecule has 0 bridgehead atoms. The van der Waals surface area contributed by atoms with Crippen LogP contribution in [-0.2, 0) is 10.0 Å². The maximum Gasteiger partial charge on any atom is 0.265 e. The summed E-state index contributed by atoms with van der Waals surface area (Å²) in [6.07, 6.45) is 3.93. The van der Waals surface area contributed by atoms with E-state index in [0.717, 1.165) is 5.69 Å². The molecule has 0 aliphatic heterocycles. The normalized spacial score (nSPS) is 11.1. The number of nitrogens with one attached hydrogen (secondary N) is 2. The van der Waals surface area contributed by atoms with Gasteiger partial charge in [0.15, 0.2) is 0 Å². The quantitative estimate of drug-likeness (QED) is 0.867. The van der Waals surface area contributed by atoms with Crippen LogP contribution in [0.3, 0.4) is 0 Å². The van der Waals surface area contributed by atoms with Crippen molar-refractivity contribution in [3.63, 3.8) is 0 Å². The Morgan fingerprint density at radius 3 is 2.26 bits per heavy atom. The van der Waals surface area contributed by atoms with Crippen LogP contribution in [0.1, 0.15) is 5.69 Å². The number of sulfonamides is 1. The first kappa shape index (κ1) is 13.2.